The molecule has 17 heavy (non-hydrogen) atoms. The van der Waals surface area contributed by atoms with Crippen molar-refractivity contribution >= 4 is 11.6 Å². The predicted octanol–water partition coefficient (Wildman–Crippen LogP) is 2.02. The summed E-state index contributed by atoms with van der Waals surface area (Å²) < 4.78 is 13.4. The molecule has 0 bridgehead atoms. The van der Waals surface area contributed by atoms with E-state index in [-0.39, 0.29) is 17.3 Å². The van der Waals surface area contributed by atoms with Gasteiger partial charge >= 0.3 is 0 Å². The van der Waals surface area contributed by atoms with Gasteiger partial charge in [0.15, 0.2) is 0 Å². The Hall–Kier alpha value is -1.98. The highest BCUT2D eigenvalue weighted by atomic mass is 19.1. The number of hydrogen-bond donors (Lipinski definition) is 1. The summed E-state index contributed by atoms with van der Waals surface area (Å²) in [5.41, 5.74) is -0.559. The lowest BCUT2D eigenvalue weighted by Crippen LogP contribution is -2.39. The van der Waals surface area contributed by atoms with Gasteiger partial charge in [-0.15, -0.1) is 0 Å². The average Bonchev–Trinajstić information content (AvgIpc) is 2.23. The molecule has 0 heterocycles. The fourth-order valence-electron chi connectivity index (χ4n) is 1.62. The molecule has 1 aliphatic carbocycles. The fourth-order valence-corrected chi connectivity index (χ4v) is 1.62. The van der Waals surface area contributed by atoms with Crippen LogP contribution in [0.4, 0.5) is 10.1 Å². The number of nitrogens with one attached hydrogen (secondary N) is 1. The Morgan fingerprint density at radius 1 is 1.47 bits per heavy atom. The van der Waals surface area contributed by atoms with Crippen LogP contribution in [0.2, 0.25) is 0 Å². The van der Waals surface area contributed by atoms with E-state index >= 15 is 0 Å². The van der Waals surface area contributed by atoms with E-state index in [0.717, 1.165) is 37.5 Å². The summed E-state index contributed by atoms with van der Waals surface area (Å²) in [4.78, 5) is 21.5. The SMILES string of the molecule is O=C(NC1CCC1)c1cc([N+](=O)[O-])ccc1F. The fraction of sp³-hybridized carbons (Fsp3) is 0.364. The highest BCUT2D eigenvalue weighted by molar-refractivity contribution is 5.95. The minimum Gasteiger partial charge on any atom is -0.349 e. The quantitative estimate of drug-likeness (QED) is 0.646. The third-order valence-corrected chi connectivity index (χ3v) is 2.85. The third-order valence-electron chi connectivity index (χ3n) is 2.85. The first-order valence-corrected chi connectivity index (χ1v) is 5.33. The number of nitro benzene ring substituents is 1. The van der Waals surface area contributed by atoms with Crippen LogP contribution >= 0.6 is 0 Å². The first-order valence-electron chi connectivity index (χ1n) is 5.33. The van der Waals surface area contributed by atoms with E-state index in [1.54, 1.807) is 0 Å². The summed E-state index contributed by atoms with van der Waals surface area (Å²) in [6, 6.07) is 3.01. The number of nitro groups is 1. The average molecular weight is 238 g/mol. The van der Waals surface area contributed by atoms with Crippen LogP contribution in [0.1, 0.15) is 29.6 Å². The Kier molecular flexibility index (Phi) is 3.03. The maximum Gasteiger partial charge on any atom is 0.270 e. The zero-order chi connectivity index (χ0) is 12.4. The van der Waals surface area contributed by atoms with Crippen molar-refractivity contribution in [3.05, 3.63) is 39.7 Å². The molecule has 0 saturated heterocycles. The second kappa shape index (κ2) is 4.48. The largest absolute Gasteiger partial charge is 0.349 e. The Balaban J connectivity index is 2.20. The molecule has 1 amide bonds. The van der Waals surface area contributed by atoms with Crippen LogP contribution in [0.5, 0.6) is 0 Å². The molecule has 1 fully saturated rings. The molecule has 1 saturated carbocycles. The van der Waals surface area contributed by atoms with Crippen LogP contribution in [-0.4, -0.2) is 16.9 Å². The standard InChI is InChI=1S/C11H11FN2O3/c12-10-5-4-8(14(16)17)6-9(10)11(15)13-7-2-1-3-7/h4-7H,1-3H2,(H,13,15). The van der Waals surface area contributed by atoms with Crippen LogP contribution in [0.15, 0.2) is 18.2 Å². The van der Waals surface area contributed by atoms with Gasteiger partial charge in [-0.2, -0.15) is 0 Å². The number of halogens is 1. The number of non-ortho nitro benzene ring substituents is 1. The Bertz CT molecular complexity index is 472. The van der Waals surface area contributed by atoms with E-state index < -0.39 is 16.6 Å². The molecule has 1 aromatic rings. The van der Waals surface area contributed by atoms with E-state index in [1.165, 1.54) is 0 Å². The smallest absolute Gasteiger partial charge is 0.270 e. The topological polar surface area (TPSA) is 72.2 Å². The number of rotatable bonds is 3. The Morgan fingerprint density at radius 2 is 2.18 bits per heavy atom. The summed E-state index contributed by atoms with van der Waals surface area (Å²) in [6.45, 7) is 0. The molecule has 0 aromatic heterocycles. The summed E-state index contributed by atoms with van der Waals surface area (Å²) in [7, 11) is 0. The number of carbonyl (C=O) groups is 1. The van der Waals surface area contributed by atoms with Crippen LogP contribution in [0.3, 0.4) is 0 Å². The molecule has 6 heteroatoms. The van der Waals surface area contributed by atoms with Gasteiger partial charge in [-0.3, -0.25) is 14.9 Å². The van der Waals surface area contributed by atoms with Gasteiger partial charge < -0.3 is 5.32 Å². The highest BCUT2D eigenvalue weighted by Crippen LogP contribution is 2.20. The van der Waals surface area contributed by atoms with Gasteiger partial charge in [0.1, 0.15) is 5.82 Å². The molecule has 2 rings (SSSR count). The van der Waals surface area contributed by atoms with Crippen LogP contribution in [-0.2, 0) is 0 Å². The molecule has 90 valence electrons. The molecule has 1 aliphatic rings. The van der Waals surface area contributed by atoms with Crippen LogP contribution in [0, 0.1) is 15.9 Å². The molecule has 0 spiro atoms. The maximum absolute atomic E-state index is 13.4. The van der Waals surface area contributed by atoms with Gasteiger partial charge in [-0.05, 0) is 25.3 Å². The van der Waals surface area contributed by atoms with E-state index in [9.17, 15) is 19.3 Å². The van der Waals surface area contributed by atoms with Crippen LogP contribution < -0.4 is 5.32 Å². The molecular weight excluding hydrogens is 227 g/mol. The van der Waals surface area contributed by atoms with Crippen molar-refractivity contribution in [1.82, 2.24) is 5.32 Å². The van der Waals surface area contributed by atoms with Gasteiger partial charge in [0.25, 0.3) is 11.6 Å². The third kappa shape index (κ3) is 2.41. The van der Waals surface area contributed by atoms with E-state index in [4.69, 9.17) is 0 Å². The lowest BCUT2D eigenvalue weighted by atomic mass is 9.93. The van der Waals surface area contributed by atoms with E-state index in [0.29, 0.717) is 0 Å². The number of carbonyl (C=O) groups excluding carboxylic acids is 1. The maximum atomic E-state index is 13.4. The molecule has 0 aliphatic heterocycles. The van der Waals surface area contributed by atoms with Gasteiger partial charge in [0.05, 0.1) is 10.5 Å². The summed E-state index contributed by atoms with van der Waals surface area (Å²) in [5.74, 6) is -1.33. The summed E-state index contributed by atoms with van der Waals surface area (Å²) in [6.07, 6.45) is 2.80. The van der Waals surface area contributed by atoms with Gasteiger partial charge in [0.2, 0.25) is 0 Å². The zero-order valence-electron chi connectivity index (χ0n) is 8.98. The van der Waals surface area contributed by atoms with Crippen molar-refractivity contribution in [2.24, 2.45) is 0 Å². The molecule has 0 unspecified atom stereocenters. The number of amides is 1. The number of benzene rings is 1. The summed E-state index contributed by atoms with van der Waals surface area (Å²) >= 11 is 0. The molecule has 0 atom stereocenters. The van der Waals surface area contributed by atoms with Gasteiger partial charge in [0, 0.05) is 18.2 Å². The van der Waals surface area contributed by atoms with Gasteiger partial charge in [-0.1, -0.05) is 0 Å². The van der Waals surface area contributed by atoms with Crippen molar-refractivity contribution in [2.45, 2.75) is 25.3 Å². The second-order valence-electron chi connectivity index (χ2n) is 4.02. The molecule has 5 nitrogen and oxygen atoms in total. The first-order chi connectivity index (χ1) is 8.08. The molecule has 1 N–H and O–H groups in total. The van der Waals surface area contributed by atoms with Crippen molar-refractivity contribution in [2.75, 3.05) is 0 Å². The Morgan fingerprint density at radius 3 is 2.71 bits per heavy atom. The molecular formula is C11H11FN2O3. The van der Waals surface area contributed by atoms with Crippen molar-refractivity contribution < 1.29 is 14.1 Å². The molecule has 1 aromatic carbocycles. The second-order valence-corrected chi connectivity index (χ2v) is 4.02. The first kappa shape index (κ1) is 11.5. The normalized spacial score (nSPS) is 15.1. The lowest BCUT2D eigenvalue weighted by molar-refractivity contribution is -0.384. The van der Waals surface area contributed by atoms with Crippen molar-refractivity contribution in [3.8, 4) is 0 Å². The minimum atomic E-state index is -0.743. The highest BCUT2D eigenvalue weighted by Gasteiger charge is 2.23. The summed E-state index contributed by atoms with van der Waals surface area (Å²) in [5, 5.41) is 13.2. The van der Waals surface area contributed by atoms with Gasteiger partial charge in [-0.25, -0.2) is 4.39 Å². The number of nitrogens with zero attached hydrogens (tertiary/aromatic N) is 1. The zero-order valence-corrected chi connectivity index (χ0v) is 8.98. The Labute approximate surface area is 96.8 Å². The van der Waals surface area contributed by atoms with Crippen LogP contribution in [0.25, 0.3) is 0 Å². The minimum absolute atomic E-state index is 0.0705. The van der Waals surface area contributed by atoms with Crippen molar-refractivity contribution in [3.63, 3.8) is 0 Å². The van der Waals surface area contributed by atoms with Crippen molar-refractivity contribution in [1.29, 1.82) is 0 Å². The van der Waals surface area contributed by atoms with E-state index in [2.05, 4.69) is 5.32 Å². The van der Waals surface area contributed by atoms with E-state index in [1.807, 2.05) is 0 Å². The monoisotopic (exact) mass is 238 g/mol. The number of hydrogen-bond acceptors (Lipinski definition) is 3. The predicted molar refractivity (Wildman–Crippen MR) is 58.2 cm³/mol. The molecule has 0 radical (unpaired) electrons. The lowest BCUT2D eigenvalue weighted by Gasteiger charge is -2.26.